The van der Waals surface area contributed by atoms with Crippen LogP contribution in [0.1, 0.15) is 24.0 Å². The molecule has 0 N–H and O–H groups in total. The summed E-state index contributed by atoms with van der Waals surface area (Å²) in [6.07, 6.45) is 2.29. The van der Waals surface area contributed by atoms with Gasteiger partial charge in [-0.1, -0.05) is 24.3 Å². The van der Waals surface area contributed by atoms with Crippen LogP contribution in [0.2, 0.25) is 0 Å². The number of benzene rings is 2. The van der Waals surface area contributed by atoms with Crippen molar-refractivity contribution in [1.29, 1.82) is 0 Å². The van der Waals surface area contributed by atoms with Gasteiger partial charge in [-0.3, -0.25) is 0 Å². The van der Waals surface area contributed by atoms with Crippen molar-refractivity contribution in [2.24, 2.45) is 0 Å². The molecule has 4 rings (SSSR count). The molecule has 0 bridgehead atoms. The lowest BCUT2D eigenvalue weighted by molar-refractivity contribution is 0.0925. The zero-order valence-corrected chi connectivity index (χ0v) is 19.3. The highest BCUT2D eigenvalue weighted by Crippen LogP contribution is 2.25. The quantitative estimate of drug-likeness (QED) is 0.419. The van der Waals surface area contributed by atoms with E-state index in [0.717, 1.165) is 24.8 Å². The van der Waals surface area contributed by atoms with Crippen LogP contribution in [0.25, 0.3) is 0 Å². The fourth-order valence-electron chi connectivity index (χ4n) is 3.72. The molecule has 0 aliphatic carbocycles. The lowest BCUT2D eigenvalue weighted by atomic mass is 10.2. The Morgan fingerprint density at radius 1 is 1.12 bits per heavy atom. The van der Waals surface area contributed by atoms with Crippen molar-refractivity contribution in [3.63, 3.8) is 0 Å². The summed E-state index contributed by atoms with van der Waals surface area (Å²) >= 11 is 1.65. The van der Waals surface area contributed by atoms with Crippen LogP contribution in [0.3, 0.4) is 0 Å². The van der Waals surface area contributed by atoms with Crippen LogP contribution in [0.15, 0.2) is 70.3 Å². The fourth-order valence-corrected chi connectivity index (χ4v) is 5.94. The van der Waals surface area contributed by atoms with Gasteiger partial charge in [0.15, 0.2) is 0 Å². The van der Waals surface area contributed by atoms with Crippen molar-refractivity contribution < 1.29 is 22.3 Å². The third kappa shape index (κ3) is 5.75. The molecule has 5 nitrogen and oxygen atoms in total. The SMILES string of the molecule is O=S(=O)(c1ccccc1F)N(Cc1cccc(OCCc2ccsc2)c1)CC1CCCO1. The van der Waals surface area contributed by atoms with Crippen LogP contribution in [-0.4, -0.2) is 38.6 Å². The summed E-state index contributed by atoms with van der Waals surface area (Å²) in [4.78, 5) is -0.318. The number of halogens is 1. The summed E-state index contributed by atoms with van der Waals surface area (Å²) in [6.45, 7) is 1.44. The summed E-state index contributed by atoms with van der Waals surface area (Å²) in [6, 6.07) is 14.9. The first-order chi connectivity index (χ1) is 15.5. The molecule has 1 aromatic heterocycles. The minimum atomic E-state index is -4.04. The van der Waals surface area contributed by atoms with E-state index in [9.17, 15) is 12.8 Å². The Morgan fingerprint density at radius 2 is 2.00 bits per heavy atom. The van der Waals surface area contributed by atoms with E-state index in [1.807, 2.05) is 29.6 Å². The van der Waals surface area contributed by atoms with Gasteiger partial charge in [-0.15, -0.1) is 0 Å². The van der Waals surface area contributed by atoms with Crippen LogP contribution in [0, 0.1) is 5.82 Å². The van der Waals surface area contributed by atoms with Gasteiger partial charge in [-0.05, 0) is 65.1 Å². The van der Waals surface area contributed by atoms with Crippen LogP contribution >= 0.6 is 11.3 Å². The first kappa shape index (κ1) is 22.9. The predicted molar refractivity (Wildman–Crippen MR) is 123 cm³/mol. The van der Waals surface area contributed by atoms with E-state index in [-0.39, 0.29) is 24.1 Å². The van der Waals surface area contributed by atoms with Crippen molar-refractivity contribution in [3.8, 4) is 5.75 Å². The van der Waals surface area contributed by atoms with Crippen molar-refractivity contribution in [2.45, 2.75) is 36.8 Å². The maximum Gasteiger partial charge on any atom is 0.246 e. The second kappa shape index (κ2) is 10.6. The van der Waals surface area contributed by atoms with Gasteiger partial charge in [0, 0.05) is 26.1 Å². The smallest absolute Gasteiger partial charge is 0.246 e. The highest BCUT2D eigenvalue weighted by molar-refractivity contribution is 7.89. The third-order valence-corrected chi connectivity index (χ3v) is 7.96. The molecule has 1 aliphatic rings. The first-order valence-corrected chi connectivity index (χ1v) is 13.0. The van der Waals surface area contributed by atoms with Gasteiger partial charge in [0.05, 0.1) is 12.7 Å². The second-order valence-corrected chi connectivity index (χ2v) is 10.4. The number of thiophene rings is 1. The molecule has 1 fully saturated rings. The summed E-state index contributed by atoms with van der Waals surface area (Å²) in [5.41, 5.74) is 2.00. The van der Waals surface area contributed by atoms with Gasteiger partial charge in [-0.25, -0.2) is 12.8 Å². The van der Waals surface area contributed by atoms with Gasteiger partial charge in [0.25, 0.3) is 0 Å². The Labute approximate surface area is 192 Å². The number of hydrogen-bond acceptors (Lipinski definition) is 5. The van der Waals surface area contributed by atoms with Crippen molar-refractivity contribution >= 4 is 21.4 Å². The average Bonchev–Trinajstić information content (AvgIpc) is 3.48. The molecule has 1 saturated heterocycles. The largest absolute Gasteiger partial charge is 0.493 e. The normalized spacial score (nSPS) is 16.5. The summed E-state index contributed by atoms with van der Waals surface area (Å²) in [5, 5.41) is 4.13. The van der Waals surface area contributed by atoms with Crippen LogP contribution in [0.4, 0.5) is 4.39 Å². The lowest BCUT2D eigenvalue weighted by Gasteiger charge is -2.25. The lowest BCUT2D eigenvalue weighted by Crippen LogP contribution is -2.37. The van der Waals surface area contributed by atoms with Gasteiger partial charge in [0.2, 0.25) is 10.0 Å². The van der Waals surface area contributed by atoms with Crippen molar-refractivity contribution in [3.05, 3.63) is 82.3 Å². The molecule has 1 atom stereocenters. The van der Waals surface area contributed by atoms with E-state index in [1.165, 1.54) is 34.1 Å². The maximum atomic E-state index is 14.4. The number of hydrogen-bond donors (Lipinski definition) is 0. The highest BCUT2D eigenvalue weighted by Gasteiger charge is 2.31. The molecule has 0 spiro atoms. The Morgan fingerprint density at radius 3 is 2.75 bits per heavy atom. The Kier molecular flexibility index (Phi) is 7.57. The molecule has 32 heavy (non-hydrogen) atoms. The Hall–Kier alpha value is -2.26. The van der Waals surface area contributed by atoms with Gasteiger partial charge < -0.3 is 9.47 Å². The van der Waals surface area contributed by atoms with Crippen LogP contribution in [-0.2, 0) is 27.7 Å². The third-order valence-electron chi connectivity index (χ3n) is 5.38. The molecule has 0 amide bonds. The zero-order valence-electron chi connectivity index (χ0n) is 17.7. The van der Waals surface area contributed by atoms with Crippen LogP contribution < -0.4 is 4.74 Å². The molecular weight excluding hydrogens is 449 g/mol. The molecule has 2 heterocycles. The van der Waals surface area contributed by atoms with Crippen molar-refractivity contribution in [1.82, 2.24) is 4.31 Å². The molecule has 1 aliphatic heterocycles. The van der Waals surface area contributed by atoms with Gasteiger partial charge in [0.1, 0.15) is 16.5 Å². The van der Waals surface area contributed by atoms with Crippen molar-refractivity contribution in [2.75, 3.05) is 19.8 Å². The molecule has 0 radical (unpaired) electrons. The average molecular weight is 476 g/mol. The van der Waals surface area contributed by atoms with E-state index < -0.39 is 15.8 Å². The fraction of sp³-hybridized carbons (Fsp3) is 0.333. The van der Waals surface area contributed by atoms with Crippen LogP contribution in [0.5, 0.6) is 5.75 Å². The Balaban J connectivity index is 1.51. The van der Waals surface area contributed by atoms with Gasteiger partial charge in [-0.2, -0.15) is 15.6 Å². The summed E-state index contributed by atoms with van der Waals surface area (Å²) in [7, 11) is -4.04. The predicted octanol–water partition coefficient (Wildman–Crippen LogP) is 4.88. The molecule has 8 heteroatoms. The number of nitrogens with zero attached hydrogens (tertiary/aromatic N) is 1. The minimum Gasteiger partial charge on any atom is -0.493 e. The highest BCUT2D eigenvalue weighted by atomic mass is 32.2. The number of sulfonamides is 1. The van der Waals surface area contributed by atoms with E-state index in [1.54, 1.807) is 11.3 Å². The van der Waals surface area contributed by atoms with E-state index >= 15 is 0 Å². The Bertz CT molecular complexity index is 1110. The number of rotatable bonds is 10. The van der Waals surface area contributed by atoms with Gasteiger partial charge >= 0.3 is 0 Å². The molecule has 0 saturated carbocycles. The van der Waals surface area contributed by atoms with E-state index in [0.29, 0.717) is 19.0 Å². The minimum absolute atomic E-state index is 0.109. The molecule has 2 aromatic carbocycles. The summed E-state index contributed by atoms with van der Waals surface area (Å²) in [5.74, 6) is -0.0755. The molecule has 170 valence electrons. The molecular formula is C24H26FNO4S2. The number of ether oxygens (including phenoxy) is 2. The van der Waals surface area contributed by atoms with E-state index in [4.69, 9.17) is 9.47 Å². The maximum absolute atomic E-state index is 14.4. The molecule has 1 unspecified atom stereocenters. The second-order valence-electron chi connectivity index (χ2n) is 7.74. The molecule has 3 aromatic rings. The zero-order chi connectivity index (χ0) is 22.4. The van der Waals surface area contributed by atoms with E-state index in [2.05, 4.69) is 11.4 Å². The topological polar surface area (TPSA) is 55.8 Å². The standard InChI is InChI=1S/C24H26FNO4S2/c25-23-8-1-2-9-24(23)32(27,28)26(17-22-7-4-12-29-22)16-20-5-3-6-21(15-20)30-13-10-19-11-14-31-18-19/h1-3,5-6,8-9,11,14-15,18,22H,4,7,10,12-13,16-17H2. The monoisotopic (exact) mass is 475 g/mol. The summed E-state index contributed by atoms with van der Waals surface area (Å²) < 4.78 is 53.9. The first-order valence-electron chi connectivity index (χ1n) is 10.6.